The van der Waals surface area contributed by atoms with Gasteiger partial charge in [0.2, 0.25) is 0 Å². The molecular weight excluding hydrogens is 188 g/mol. The van der Waals surface area contributed by atoms with Crippen LogP contribution in [0.15, 0.2) is 24.3 Å². The Kier molecular flexibility index (Phi) is 3.05. The van der Waals surface area contributed by atoms with Gasteiger partial charge in [-0.1, -0.05) is 25.0 Å². The maximum absolute atomic E-state index is 11.9. The molecule has 0 aliphatic heterocycles. The van der Waals surface area contributed by atoms with Gasteiger partial charge in [0.05, 0.1) is 12.7 Å². The van der Waals surface area contributed by atoms with Crippen LogP contribution in [0.4, 0.5) is 0 Å². The molecule has 1 aromatic rings. The summed E-state index contributed by atoms with van der Waals surface area (Å²) in [5.74, 6) is 1.71. The number of para-hydroxylation sites is 1. The summed E-state index contributed by atoms with van der Waals surface area (Å²) < 4.78 is 5.17. The average Bonchev–Trinajstić information content (AvgIpc) is 3.09. The summed E-state index contributed by atoms with van der Waals surface area (Å²) in [7, 11) is 1.60. The van der Waals surface area contributed by atoms with E-state index in [1.54, 1.807) is 7.11 Å². The normalized spacial score (nSPS) is 15.0. The summed E-state index contributed by atoms with van der Waals surface area (Å²) in [4.78, 5) is 11.9. The van der Waals surface area contributed by atoms with E-state index >= 15 is 0 Å². The molecule has 2 rings (SSSR count). The molecule has 1 saturated carbocycles. The Morgan fingerprint density at radius 1 is 1.40 bits per heavy atom. The quantitative estimate of drug-likeness (QED) is 0.689. The van der Waals surface area contributed by atoms with Crippen molar-refractivity contribution in [1.29, 1.82) is 0 Å². The Morgan fingerprint density at radius 3 is 2.80 bits per heavy atom. The molecular formula is C13H16O2. The second kappa shape index (κ2) is 4.47. The van der Waals surface area contributed by atoms with E-state index in [2.05, 4.69) is 0 Å². The van der Waals surface area contributed by atoms with E-state index in [9.17, 15) is 4.79 Å². The van der Waals surface area contributed by atoms with Gasteiger partial charge in [0.15, 0.2) is 5.78 Å². The highest BCUT2D eigenvalue weighted by molar-refractivity contribution is 5.98. The summed E-state index contributed by atoms with van der Waals surface area (Å²) in [5.41, 5.74) is 0.723. The molecule has 0 bridgehead atoms. The van der Waals surface area contributed by atoms with Gasteiger partial charge in [-0.3, -0.25) is 4.79 Å². The molecule has 80 valence electrons. The number of carbonyl (C=O) groups excluding carboxylic acids is 1. The van der Waals surface area contributed by atoms with Crippen molar-refractivity contribution in [3.63, 3.8) is 0 Å². The van der Waals surface area contributed by atoms with E-state index < -0.39 is 0 Å². The van der Waals surface area contributed by atoms with E-state index in [1.807, 2.05) is 24.3 Å². The molecule has 0 N–H and O–H groups in total. The van der Waals surface area contributed by atoms with Crippen molar-refractivity contribution in [3.8, 4) is 5.75 Å². The van der Waals surface area contributed by atoms with Gasteiger partial charge in [0, 0.05) is 6.42 Å². The zero-order valence-corrected chi connectivity index (χ0v) is 9.03. The lowest BCUT2D eigenvalue weighted by molar-refractivity contribution is 0.0975. The van der Waals surface area contributed by atoms with Gasteiger partial charge in [0.25, 0.3) is 0 Å². The molecule has 0 amide bonds. The number of carbonyl (C=O) groups is 1. The Balaban J connectivity index is 2.02. The first kappa shape index (κ1) is 10.2. The van der Waals surface area contributed by atoms with Crippen LogP contribution in [0.2, 0.25) is 0 Å². The van der Waals surface area contributed by atoms with Gasteiger partial charge >= 0.3 is 0 Å². The SMILES string of the molecule is COc1ccccc1C(=O)CCC1CC1. The molecule has 1 aliphatic carbocycles. The molecule has 1 aliphatic rings. The summed E-state index contributed by atoms with van der Waals surface area (Å²) in [6, 6.07) is 7.45. The number of rotatable bonds is 5. The molecule has 1 aromatic carbocycles. The first-order valence-electron chi connectivity index (χ1n) is 5.47. The zero-order chi connectivity index (χ0) is 10.7. The summed E-state index contributed by atoms with van der Waals surface area (Å²) >= 11 is 0. The predicted octanol–water partition coefficient (Wildman–Crippen LogP) is 3.07. The van der Waals surface area contributed by atoms with Crippen LogP contribution < -0.4 is 4.74 Å². The Bertz CT molecular complexity index is 353. The van der Waals surface area contributed by atoms with E-state index in [1.165, 1.54) is 12.8 Å². The van der Waals surface area contributed by atoms with Gasteiger partial charge in [-0.05, 0) is 24.5 Å². The van der Waals surface area contributed by atoms with Crippen molar-refractivity contribution in [1.82, 2.24) is 0 Å². The van der Waals surface area contributed by atoms with E-state index in [0.717, 1.165) is 17.9 Å². The van der Waals surface area contributed by atoms with Crippen molar-refractivity contribution in [2.24, 2.45) is 5.92 Å². The van der Waals surface area contributed by atoms with Crippen LogP contribution in [0, 0.1) is 5.92 Å². The lowest BCUT2D eigenvalue weighted by Crippen LogP contribution is -2.02. The highest BCUT2D eigenvalue weighted by Gasteiger charge is 2.22. The highest BCUT2D eigenvalue weighted by atomic mass is 16.5. The standard InChI is InChI=1S/C13H16O2/c1-15-13-5-3-2-4-11(13)12(14)9-8-10-6-7-10/h2-5,10H,6-9H2,1H3. The maximum atomic E-state index is 11.9. The van der Waals surface area contributed by atoms with Crippen LogP contribution >= 0.6 is 0 Å². The van der Waals surface area contributed by atoms with E-state index in [-0.39, 0.29) is 5.78 Å². The molecule has 0 unspecified atom stereocenters. The fourth-order valence-electron chi connectivity index (χ4n) is 1.75. The average molecular weight is 204 g/mol. The van der Waals surface area contributed by atoms with Crippen molar-refractivity contribution in [2.45, 2.75) is 25.7 Å². The van der Waals surface area contributed by atoms with Crippen molar-refractivity contribution in [2.75, 3.05) is 7.11 Å². The minimum atomic E-state index is 0.208. The van der Waals surface area contributed by atoms with Crippen molar-refractivity contribution in [3.05, 3.63) is 29.8 Å². The fraction of sp³-hybridized carbons (Fsp3) is 0.462. The van der Waals surface area contributed by atoms with Crippen LogP contribution in [0.5, 0.6) is 5.75 Å². The number of methoxy groups -OCH3 is 1. The first-order valence-corrected chi connectivity index (χ1v) is 5.47. The van der Waals surface area contributed by atoms with Gasteiger partial charge in [-0.2, -0.15) is 0 Å². The molecule has 0 aromatic heterocycles. The Labute approximate surface area is 90.3 Å². The number of Topliss-reactive ketones (excluding diaryl/α,β-unsaturated/α-hetero) is 1. The van der Waals surface area contributed by atoms with Crippen LogP contribution in [-0.4, -0.2) is 12.9 Å². The van der Waals surface area contributed by atoms with Crippen LogP contribution in [0.3, 0.4) is 0 Å². The van der Waals surface area contributed by atoms with Gasteiger partial charge in [0.1, 0.15) is 5.75 Å². The number of benzene rings is 1. The highest BCUT2D eigenvalue weighted by Crippen LogP contribution is 2.34. The van der Waals surface area contributed by atoms with Crippen molar-refractivity contribution >= 4 is 5.78 Å². The minimum absolute atomic E-state index is 0.208. The third kappa shape index (κ3) is 2.58. The molecule has 0 atom stereocenters. The fourth-order valence-corrected chi connectivity index (χ4v) is 1.75. The topological polar surface area (TPSA) is 26.3 Å². The monoisotopic (exact) mass is 204 g/mol. The van der Waals surface area contributed by atoms with Crippen LogP contribution in [0.1, 0.15) is 36.0 Å². The molecule has 2 nitrogen and oxygen atoms in total. The number of ether oxygens (including phenoxy) is 1. The molecule has 0 heterocycles. The van der Waals surface area contributed by atoms with E-state index in [0.29, 0.717) is 12.2 Å². The third-order valence-corrected chi connectivity index (χ3v) is 2.88. The number of hydrogen-bond donors (Lipinski definition) is 0. The first-order chi connectivity index (χ1) is 7.31. The zero-order valence-electron chi connectivity index (χ0n) is 9.03. The lowest BCUT2D eigenvalue weighted by atomic mass is 10.0. The summed E-state index contributed by atoms with van der Waals surface area (Å²) in [6.45, 7) is 0. The molecule has 0 spiro atoms. The predicted molar refractivity (Wildman–Crippen MR) is 59.3 cm³/mol. The van der Waals surface area contributed by atoms with Crippen molar-refractivity contribution < 1.29 is 9.53 Å². The minimum Gasteiger partial charge on any atom is -0.496 e. The molecule has 15 heavy (non-hydrogen) atoms. The second-order valence-electron chi connectivity index (χ2n) is 4.11. The Morgan fingerprint density at radius 2 is 2.13 bits per heavy atom. The largest absolute Gasteiger partial charge is 0.496 e. The number of hydrogen-bond acceptors (Lipinski definition) is 2. The third-order valence-electron chi connectivity index (χ3n) is 2.88. The van der Waals surface area contributed by atoms with Crippen LogP contribution in [-0.2, 0) is 0 Å². The summed E-state index contributed by atoms with van der Waals surface area (Å²) in [5, 5.41) is 0. The van der Waals surface area contributed by atoms with Crippen LogP contribution in [0.25, 0.3) is 0 Å². The van der Waals surface area contributed by atoms with Gasteiger partial charge in [-0.25, -0.2) is 0 Å². The molecule has 0 saturated heterocycles. The van der Waals surface area contributed by atoms with Gasteiger partial charge in [-0.15, -0.1) is 0 Å². The second-order valence-corrected chi connectivity index (χ2v) is 4.11. The molecule has 0 radical (unpaired) electrons. The smallest absolute Gasteiger partial charge is 0.166 e. The lowest BCUT2D eigenvalue weighted by Gasteiger charge is -2.06. The number of ketones is 1. The molecule has 2 heteroatoms. The van der Waals surface area contributed by atoms with E-state index in [4.69, 9.17) is 4.74 Å². The Hall–Kier alpha value is -1.31. The maximum Gasteiger partial charge on any atom is 0.166 e. The summed E-state index contributed by atoms with van der Waals surface area (Å²) in [6.07, 6.45) is 4.31. The molecule has 1 fully saturated rings. The van der Waals surface area contributed by atoms with Gasteiger partial charge < -0.3 is 4.74 Å².